The van der Waals surface area contributed by atoms with Gasteiger partial charge in [-0.05, 0) is 24.6 Å². The average molecular weight is 299 g/mol. The van der Waals surface area contributed by atoms with Crippen LogP contribution in [0, 0.1) is 6.92 Å². The third-order valence-corrected chi connectivity index (χ3v) is 3.99. The molecule has 1 aliphatic rings. The Morgan fingerprint density at radius 1 is 1.18 bits per heavy atom. The van der Waals surface area contributed by atoms with Crippen LogP contribution in [0.2, 0.25) is 0 Å². The highest BCUT2D eigenvalue weighted by Crippen LogP contribution is 2.18. The van der Waals surface area contributed by atoms with Crippen molar-refractivity contribution < 1.29 is 4.79 Å². The van der Waals surface area contributed by atoms with Crippen molar-refractivity contribution in [3.63, 3.8) is 0 Å². The number of rotatable bonds is 2. The molecule has 1 aromatic carbocycles. The zero-order valence-corrected chi connectivity index (χ0v) is 13.0. The molecule has 3 rings (SSSR count). The molecule has 1 fully saturated rings. The van der Waals surface area contributed by atoms with Crippen molar-refractivity contribution in [2.75, 3.05) is 36.4 Å². The lowest BCUT2D eigenvalue weighted by Crippen LogP contribution is -2.50. The second-order valence-electron chi connectivity index (χ2n) is 5.58. The molecule has 6 nitrogen and oxygen atoms in total. The second-order valence-corrected chi connectivity index (χ2v) is 5.58. The van der Waals surface area contributed by atoms with Gasteiger partial charge < -0.3 is 9.80 Å². The molecule has 22 heavy (non-hydrogen) atoms. The number of benzene rings is 1. The molecule has 0 radical (unpaired) electrons. The summed E-state index contributed by atoms with van der Waals surface area (Å²) in [4.78, 5) is 16.4. The van der Waals surface area contributed by atoms with E-state index in [4.69, 9.17) is 0 Å². The van der Waals surface area contributed by atoms with Crippen LogP contribution in [0.25, 0.3) is 0 Å². The van der Waals surface area contributed by atoms with E-state index in [2.05, 4.69) is 46.5 Å². The topological polar surface area (TPSA) is 53.4 Å². The summed E-state index contributed by atoms with van der Waals surface area (Å²) in [5, 5.41) is 6.94. The number of piperazine rings is 1. The Hall–Kier alpha value is -2.50. The van der Waals surface area contributed by atoms with Gasteiger partial charge in [-0.1, -0.05) is 12.1 Å². The van der Waals surface area contributed by atoms with Crippen LogP contribution >= 0.6 is 0 Å². The second kappa shape index (κ2) is 6.09. The molecule has 2 heterocycles. The molecule has 6 heteroatoms. The molecule has 1 aliphatic heterocycles. The minimum Gasteiger partial charge on any atom is -0.368 e. The molecule has 1 N–H and O–H groups in total. The van der Waals surface area contributed by atoms with Gasteiger partial charge in [0.15, 0.2) is 0 Å². The molecule has 0 spiro atoms. The standard InChI is InChI=1S/C16H21N5O/c1-13-4-3-5-14(12-13)20-8-10-21(11-9-20)16(22)18-15-6-7-17-19(15)2/h3-7,12H,8-11H2,1-2H3,(H,18,22). The van der Waals surface area contributed by atoms with E-state index in [1.165, 1.54) is 11.3 Å². The van der Waals surface area contributed by atoms with Crippen molar-refractivity contribution in [2.24, 2.45) is 7.05 Å². The fraction of sp³-hybridized carbons (Fsp3) is 0.375. The van der Waals surface area contributed by atoms with Crippen molar-refractivity contribution in [1.82, 2.24) is 14.7 Å². The average Bonchev–Trinajstić information content (AvgIpc) is 2.92. The number of aryl methyl sites for hydroxylation is 2. The largest absolute Gasteiger partial charge is 0.368 e. The highest BCUT2D eigenvalue weighted by atomic mass is 16.2. The first kappa shape index (κ1) is 14.4. The van der Waals surface area contributed by atoms with Gasteiger partial charge in [0.25, 0.3) is 0 Å². The zero-order chi connectivity index (χ0) is 15.5. The zero-order valence-electron chi connectivity index (χ0n) is 13.0. The summed E-state index contributed by atoms with van der Waals surface area (Å²) in [5.74, 6) is 0.714. The number of carbonyl (C=O) groups is 1. The van der Waals surface area contributed by atoms with Gasteiger partial charge in [-0.2, -0.15) is 5.10 Å². The van der Waals surface area contributed by atoms with Crippen molar-refractivity contribution >= 4 is 17.5 Å². The van der Waals surface area contributed by atoms with Crippen LogP contribution in [-0.4, -0.2) is 46.9 Å². The van der Waals surface area contributed by atoms with E-state index in [0.717, 1.165) is 26.2 Å². The summed E-state index contributed by atoms with van der Waals surface area (Å²) in [6, 6.07) is 10.2. The molecule has 116 valence electrons. The van der Waals surface area contributed by atoms with Crippen molar-refractivity contribution in [3.05, 3.63) is 42.1 Å². The van der Waals surface area contributed by atoms with Crippen LogP contribution in [0.5, 0.6) is 0 Å². The Labute approximate surface area is 130 Å². The molecule has 0 unspecified atom stereocenters. The van der Waals surface area contributed by atoms with Gasteiger partial charge in [-0.3, -0.25) is 10.00 Å². The molecule has 1 aromatic heterocycles. The molecule has 1 saturated heterocycles. The molecule has 2 aromatic rings. The van der Waals surface area contributed by atoms with Crippen molar-refractivity contribution in [1.29, 1.82) is 0 Å². The number of urea groups is 1. The molecule has 0 atom stereocenters. The van der Waals surface area contributed by atoms with E-state index in [1.54, 1.807) is 16.9 Å². The third-order valence-electron chi connectivity index (χ3n) is 3.99. The lowest BCUT2D eigenvalue weighted by atomic mass is 10.2. The van der Waals surface area contributed by atoms with E-state index in [9.17, 15) is 4.79 Å². The van der Waals surface area contributed by atoms with Gasteiger partial charge in [-0.15, -0.1) is 0 Å². The SMILES string of the molecule is Cc1cccc(N2CCN(C(=O)Nc3ccnn3C)CC2)c1. The van der Waals surface area contributed by atoms with E-state index in [1.807, 2.05) is 11.9 Å². The fourth-order valence-corrected chi connectivity index (χ4v) is 2.68. The number of hydrogen-bond donors (Lipinski definition) is 1. The Balaban J connectivity index is 1.57. The number of hydrogen-bond acceptors (Lipinski definition) is 3. The van der Waals surface area contributed by atoms with Crippen LogP contribution in [0.1, 0.15) is 5.56 Å². The number of carbonyl (C=O) groups excluding carboxylic acids is 1. The smallest absolute Gasteiger partial charge is 0.323 e. The number of anilines is 2. The minimum atomic E-state index is -0.0625. The summed E-state index contributed by atoms with van der Waals surface area (Å²) < 4.78 is 1.65. The first-order valence-corrected chi connectivity index (χ1v) is 7.49. The molecule has 0 saturated carbocycles. The van der Waals surface area contributed by atoms with Gasteiger partial charge in [0, 0.05) is 45.0 Å². The van der Waals surface area contributed by atoms with Gasteiger partial charge in [0.1, 0.15) is 5.82 Å². The number of nitrogens with one attached hydrogen (secondary N) is 1. The maximum atomic E-state index is 12.3. The summed E-state index contributed by atoms with van der Waals surface area (Å²) >= 11 is 0. The van der Waals surface area contributed by atoms with Crippen LogP contribution in [0.3, 0.4) is 0 Å². The maximum absolute atomic E-state index is 12.3. The highest BCUT2D eigenvalue weighted by molar-refractivity contribution is 5.88. The summed E-state index contributed by atoms with van der Waals surface area (Å²) in [6.45, 7) is 5.24. The van der Waals surface area contributed by atoms with Crippen molar-refractivity contribution in [2.45, 2.75) is 6.92 Å². The quantitative estimate of drug-likeness (QED) is 0.924. The van der Waals surface area contributed by atoms with Gasteiger partial charge in [0.2, 0.25) is 0 Å². The van der Waals surface area contributed by atoms with E-state index < -0.39 is 0 Å². The van der Waals surface area contributed by atoms with E-state index in [0.29, 0.717) is 5.82 Å². The molecular weight excluding hydrogens is 278 g/mol. The Kier molecular flexibility index (Phi) is 4.00. The van der Waals surface area contributed by atoms with Crippen LogP contribution in [-0.2, 0) is 7.05 Å². The Morgan fingerprint density at radius 2 is 1.95 bits per heavy atom. The summed E-state index contributed by atoms with van der Waals surface area (Å²) in [5.41, 5.74) is 2.49. The van der Waals surface area contributed by atoms with Gasteiger partial charge >= 0.3 is 6.03 Å². The molecule has 2 amide bonds. The van der Waals surface area contributed by atoms with Gasteiger partial charge in [-0.25, -0.2) is 4.79 Å². The number of amides is 2. The van der Waals surface area contributed by atoms with Gasteiger partial charge in [0.05, 0.1) is 6.20 Å². The van der Waals surface area contributed by atoms with Crippen LogP contribution in [0.15, 0.2) is 36.5 Å². The Bertz CT molecular complexity index is 658. The summed E-state index contributed by atoms with van der Waals surface area (Å²) in [7, 11) is 1.81. The van der Waals surface area contributed by atoms with Crippen LogP contribution < -0.4 is 10.2 Å². The minimum absolute atomic E-state index is 0.0625. The van der Waals surface area contributed by atoms with Crippen LogP contribution in [0.4, 0.5) is 16.3 Å². The molecule has 0 bridgehead atoms. The number of aromatic nitrogens is 2. The number of nitrogens with zero attached hydrogens (tertiary/aromatic N) is 4. The lowest BCUT2D eigenvalue weighted by Gasteiger charge is -2.36. The van der Waals surface area contributed by atoms with Crippen molar-refractivity contribution in [3.8, 4) is 0 Å². The third kappa shape index (κ3) is 3.05. The predicted molar refractivity (Wildman–Crippen MR) is 87.2 cm³/mol. The fourth-order valence-electron chi connectivity index (χ4n) is 2.68. The Morgan fingerprint density at radius 3 is 2.59 bits per heavy atom. The van der Waals surface area contributed by atoms with E-state index in [-0.39, 0.29) is 6.03 Å². The molecular formula is C16H21N5O. The first-order chi connectivity index (χ1) is 10.6. The lowest BCUT2D eigenvalue weighted by molar-refractivity contribution is 0.208. The highest BCUT2D eigenvalue weighted by Gasteiger charge is 2.21. The normalized spacial score (nSPS) is 15.0. The predicted octanol–water partition coefficient (Wildman–Crippen LogP) is 2.08. The molecule has 0 aliphatic carbocycles. The first-order valence-electron chi connectivity index (χ1n) is 7.49. The monoisotopic (exact) mass is 299 g/mol. The van der Waals surface area contributed by atoms with E-state index >= 15 is 0 Å². The summed E-state index contributed by atoms with van der Waals surface area (Å²) in [6.07, 6.45) is 1.67. The maximum Gasteiger partial charge on any atom is 0.323 e.